The van der Waals surface area contributed by atoms with E-state index in [0.29, 0.717) is 36.7 Å². The number of hydrogen-bond acceptors (Lipinski definition) is 5. The fourth-order valence-corrected chi connectivity index (χ4v) is 2.93. The van der Waals surface area contributed by atoms with Crippen molar-refractivity contribution in [1.82, 2.24) is 15.1 Å². The highest BCUT2D eigenvalue weighted by Crippen LogP contribution is 2.26. The number of anilines is 1. The molecule has 0 aliphatic carbocycles. The average Bonchev–Trinajstić information content (AvgIpc) is 3.10. The first-order chi connectivity index (χ1) is 12.1. The summed E-state index contributed by atoms with van der Waals surface area (Å²) in [6, 6.07) is 11.2. The van der Waals surface area contributed by atoms with Gasteiger partial charge >= 0.3 is 0 Å². The maximum atomic E-state index is 13.9. The molecule has 0 radical (unpaired) electrons. The van der Waals surface area contributed by atoms with Gasteiger partial charge in [-0.15, -0.1) is 5.10 Å². The number of halogens is 1. The summed E-state index contributed by atoms with van der Waals surface area (Å²) in [6.45, 7) is 0.907. The lowest BCUT2D eigenvalue weighted by Gasteiger charge is -2.27. The van der Waals surface area contributed by atoms with E-state index in [0.717, 1.165) is 11.3 Å². The quantitative estimate of drug-likeness (QED) is 0.776. The minimum absolute atomic E-state index is 0.177. The van der Waals surface area contributed by atoms with Crippen LogP contribution in [0.2, 0.25) is 0 Å². The molecule has 25 heavy (non-hydrogen) atoms. The van der Waals surface area contributed by atoms with Gasteiger partial charge in [0.05, 0.1) is 11.3 Å². The standard InChI is InChI=1S/C18H15FN4O2/c19-13-4-2-1-3-12(13)15-5-6-16(25-15)18(24)23-8-7-14-11(10-23)9-17(20)22-21-14/h1-6,9H,7-8,10H2,(H2,20,22). The van der Waals surface area contributed by atoms with Crippen LogP contribution in [0.5, 0.6) is 0 Å². The van der Waals surface area contributed by atoms with Crippen molar-refractivity contribution in [2.75, 3.05) is 12.3 Å². The Hall–Kier alpha value is -3.22. The monoisotopic (exact) mass is 338 g/mol. The first-order valence-corrected chi connectivity index (χ1v) is 7.87. The van der Waals surface area contributed by atoms with Gasteiger partial charge in [0.25, 0.3) is 5.91 Å². The fourth-order valence-electron chi connectivity index (χ4n) is 2.93. The molecule has 0 saturated carbocycles. The minimum Gasteiger partial charge on any atom is -0.451 e. The highest BCUT2D eigenvalue weighted by Gasteiger charge is 2.25. The van der Waals surface area contributed by atoms with Crippen molar-refractivity contribution in [3.8, 4) is 11.3 Å². The molecule has 1 aromatic carbocycles. The molecular weight excluding hydrogens is 323 g/mol. The van der Waals surface area contributed by atoms with Gasteiger partial charge in [-0.25, -0.2) is 4.39 Å². The summed E-state index contributed by atoms with van der Waals surface area (Å²) in [6.07, 6.45) is 0.606. The van der Waals surface area contributed by atoms with Gasteiger partial charge in [-0.2, -0.15) is 5.10 Å². The van der Waals surface area contributed by atoms with Crippen molar-refractivity contribution in [2.45, 2.75) is 13.0 Å². The van der Waals surface area contributed by atoms with Gasteiger partial charge < -0.3 is 15.1 Å². The second-order valence-corrected chi connectivity index (χ2v) is 5.86. The summed E-state index contributed by atoms with van der Waals surface area (Å²) in [7, 11) is 0. The second-order valence-electron chi connectivity index (χ2n) is 5.86. The van der Waals surface area contributed by atoms with Crippen LogP contribution in [0.1, 0.15) is 21.8 Å². The molecule has 0 atom stereocenters. The number of carbonyl (C=O) groups excluding carboxylic acids is 1. The van der Waals surface area contributed by atoms with Crippen molar-refractivity contribution in [1.29, 1.82) is 0 Å². The Morgan fingerprint density at radius 1 is 1.20 bits per heavy atom. The fraction of sp³-hybridized carbons (Fsp3) is 0.167. The van der Waals surface area contributed by atoms with E-state index in [4.69, 9.17) is 10.2 Å². The number of carbonyl (C=O) groups is 1. The molecule has 6 nitrogen and oxygen atoms in total. The predicted molar refractivity (Wildman–Crippen MR) is 89.0 cm³/mol. The van der Waals surface area contributed by atoms with Crippen LogP contribution in [0.25, 0.3) is 11.3 Å². The number of hydrogen-bond donors (Lipinski definition) is 1. The summed E-state index contributed by atoms with van der Waals surface area (Å²) in [5.41, 5.74) is 7.73. The van der Waals surface area contributed by atoms with Gasteiger partial charge in [-0.3, -0.25) is 4.79 Å². The van der Waals surface area contributed by atoms with Crippen LogP contribution in [-0.2, 0) is 13.0 Å². The van der Waals surface area contributed by atoms with Crippen LogP contribution < -0.4 is 5.73 Å². The first kappa shape index (κ1) is 15.3. The lowest BCUT2D eigenvalue weighted by atomic mass is 10.1. The van der Waals surface area contributed by atoms with Crippen molar-refractivity contribution < 1.29 is 13.6 Å². The van der Waals surface area contributed by atoms with Crippen LogP contribution >= 0.6 is 0 Å². The van der Waals surface area contributed by atoms with E-state index in [1.54, 1.807) is 41.3 Å². The van der Waals surface area contributed by atoms with Gasteiger partial charge in [-0.1, -0.05) is 12.1 Å². The van der Waals surface area contributed by atoms with Gasteiger partial charge in [0.1, 0.15) is 17.4 Å². The van der Waals surface area contributed by atoms with Crippen LogP contribution in [-0.4, -0.2) is 27.5 Å². The number of rotatable bonds is 2. The first-order valence-electron chi connectivity index (χ1n) is 7.87. The predicted octanol–water partition coefficient (Wildman–Crippen LogP) is 2.66. The Kier molecular flexibility index (Phi) is 3.68. The third-order valence-corrected chi connectivity index (χ3v) is 4.20. The Balaban J connectivity index is 1.57. The summed E-state index contributed by atoms with van der Waals surface area (Å²) < 4.78 is 19.5. The zero-order chi connectivity index (χ0) is 17.4. The maximum Gasteiger partial charge on any atom is 0.289 e. The van der Waals surface area contributed by atoms with Crippen molar-refractivity contribution in [2.24, 2.45) is 0 Å². The lowest BCUT2D eigenvalue weighted by molar-refractivity contribution is 0.0701. The number of furan rings is 1. The van der Waals surface area contributed by atoms with Gasteiger partial charge in [-0.05, 0) is 35.9 Å². The Morgan fingerprint density at radius 3 is 2.88 bits per heavy atom. The molecule has 0 saturated heterocycles. The second kappa shape index (κ2) is 6.01. The van der Waals surface area contributed by atoms with Crippen LogP contribution in [0.15, 0.2) is 46.9 Å². The third kappa shape index (κ3) is 2.84. The van der Waals surface area contributed by atoms with E-state index in [-0.39, 0.29) is 11.7 Å². The molecule has 7 heteroatoms. The third-order valence-electron chi connectivity index (χ3n) is 4.20. The SMILES string of the molecule is Nc1cc2c(nn1)CCN(C(=O)c1ccc(-c3ccccc3F)o1)C2. The van der Waals surface area contributed by atoms with Gasteiger partial charge in [0, 0.05) is 19.5 Å². The Bertz CT molecular complexity index is 954. The van der Waals surface area contributed by atoms with Gasteiger partial charge in [0.2, 0.25) is 0 Å². The minimum atomic E-state index is -0.392. The number of fused-ring (bicyclic) bond motifs is 1. The molecule has 0 spiro atoms. The molecule has 2 N–H and O–H groups in total. The summed E-state index contributed by atoms with van der Waals surface area (Å²) in [4.78, 5) is 14.4. The van der Waals surface area contributed by atoms with E-state index in [1.807, 2.05) is 0 Å². The van der Waals surface area contributed by atoms with Crippen molar-refractivity contribution >= 4 is 11.7 Å². The normalized spacial score (nSPS) is 13.6. The molecule has 126 valence electrons. The molecule has 1 amide bonds. The summed E-state index contributed by atoms with van der Waals surface area (Å²) in [5, 5.41) is 7.90. The highest BCUT2D eigenvalue weighted by molar-refractivity contribution is 5.92. The van der Waals surface area contributed by atoms with E-state index in [2.05, 4.69) is 10.2 Å². The summed E-state index contributed by atoms with van der Waals surface area (Å²) in [5.74, 6) is 0.193. The molecule has 0 bridgehead atoms. The summed E-state index contributed by atoms with van der Waals surface area (Å²) >= 11 is 0. The van der Waals surface area contributed by atoms with Gasteiger partial charge in [0.15, 0.2) is 5.76 Å². The maximum absolute atomic E-state index is 13.9. The van der Waals surface area contributed by atoms with Crippen LogP contribution in [0, 0.1) is 5.82 Å². The Labute approximate surface area is 143 Å². The number of benzene rings is 1. The number of nitrogens with zero attached hydrogens (tertiary/aromatic N) is 3. The van der Waals surface area contributed by atoms with E-state index < -0.39 is 5.82 Å². The van der Waals surface area contributed by atoms with Crippen LogP contribution in [0.4, 0.5) is 10.2 Å². The molecule has 3 aromatic rings. The number of aromatic nitrogens is 2. The topological polar surface area (TPSA) is 85.2 Å². The molecule has 3 heterocycles. The van der Waals surface area contributed by atoms with E-state index >= 15 is 0 Å². The highest BCUT2D eigenvalue weighted by atomic mass is 19.1. The Morgan fingerprint density at radius 2 is 2.04 bits per heavy atom. The number of nitrogens with two attached hydrogens (primary N) is 1. The zero-order valence-corrected chi connectivity index (χ0v) is 13.3. The molecule has 0 unspecified atom stereocenters. The molecule has 2 aromatic heterocycles. The van der Waals surface area contributed by atoms with Crippen molar-refractivity contribution in [3.63, 3.8) is 0 Å². The van der Waals surface area contributed by atoms with E-state index in [9.17, 15) is 9.18 Å². The molecular formula is C18H15FN4O2. The van der Waals surface area contributed by atoms with E-state index in [1.165, 1.54) is 6.07 Å². The largest absolute Gasteiger partial charge is 0.451 e. The zero-order valence-electron chi connectivity index (χ0n) is 13.3. The van der Waals surface area contributed by atoms with Crippen LogP contribution in [0.3, 0.4) is 0 Å². The number of nitrogen functional groups attached to an aromatic ring is 1. The number of amides is 1. The molecule has 4 rings (SSSR count). The lowest BCUT2D eigenvalue weighted by Crippen LogP contribution is -2.36. The molecule has 0 fully saturated rings. The molecule has 1 aliphatic rings. The average molecular weight is 338 g/mol. The smallest absolute Gasteiger partial charge is 0.289 e. The van der Waals surface area contributed by atoms with Crippen molar-refractivity contribution in [3.05, 3.63) is 65.3 Å². The molecule has 1 aliphatic heterocycles.